The Morgan fingerprint density at radius 1 is 1.38 bits per heavy atom. The maximum absolute atomic E-state index is 11.6. The average Bonchev–Trinajstić information content (AvgIpc) is 2.77. The Kier molecular flexibility index (Phi) is 2.83. The van der Waals surface area contributed by atoms with Crippen LogP contribution in [-0.2, 0) is 0 Å². The molecule has 1 aromatic heterocycles. The number of amides is 1. The number of aromatic hydroxyl groups is 1. The molecule has 2 rings (SSSR count). The number of halogens is 1. The highest BCUT2D eigenvalue weighted by molar-refractivity contribution is 6.32. The highest BCUT2D eigenvalue weighted by Crippen LogP contribution is 2.26. The Labute approximate surface area is 96.9 Å². The molecule has 5 heteroatoms. The van der Waals surface area contributed by atoms with Gasteiger partial charge in [0.1, 0.15) is 11.4 Å². The van der Waals surface area contributed by atoms with E-state index in [4.69, 9.17) is 11.6 Å². The zero-order valence-electron chi connectivity index (χ0n) is 8.20. The lowest BCUT2D eigenvalue weighted by Gasteiger charge is -2.04. The molecule has 0 aliphatic rings. The second kappa shape index (κ2) is 4.28. The van der Waals surface area contributed by atoms with Crippen LogP contribution in [0.2, 0.25) is 5.02 Å². The number of rotatable bonds is 2. The fraction of sp³-hybridized carbons (Fsp3) is 0. The lowest BCUT2D eigenvalue weighted by Crippen LogP contribution is -2.11. The second-order valence-electron chi connectivity index (χ2n) is 3.20. The number of phenols is 1. The molecule has 0 spiro atoms. The van der Waals surface area contributed by atoms with Gasteiger partial charge in [-0.2, -0.15) is 0 Å². The number of aromatic nitrogens is 1. The number of carbonyl (C=O) groups excluding carboxylic acids is 1. The zero-order valence-corrected chi connectivity index (χ0v) is 8.95. The molecule has 0 saturated heterocycles. The highest BCUT2D eigenvalue weighted by atomic mass is 35.5. The van der Waals surface area contributed by atoms with Gasteiger partial charge in [0.25, 0.3) is 5.91 Å². The molecule has 0 aliphatic heterocycles. The smallest absolute Gasteiger partial charge is 0.272 e. The van der Waals surface area contributed by atoms with E-state index < -0.39 is 0 Å². The van der Waals surface area contributed by atoms with Crippen molar-refractivity contribution >= 4 is 23.2 Å². The summed E-state index contributed by atoms with van der Waals surface area (Å²) in [4.78, 5) is 14.4. The third-order valence-electron chi connectivity index (χ3n) is 2.05. The summed E-state index contributed by atoms with van der Waals surface area (Å²) in [7, 11) is 0. The van der Waals surface area contributed by atoms with Gasteiger partial charge in [0.2, 0.25) is 0 Å². The topological polar surface area (TPSA) is 65.1 Å². The predicted octanol–water partition coefficient (Wildman–Crippen LogP) is 2.63. The quantitative estimate of drug-likeness (QED) is 0.751. The fourth-order valence-corrected chi connectivity index (χ4v) is 1.38. The molecular weight excluding hydrogens is 228 g/mol. The van der Waals surface area contributed by atoms with E-state index in [2.05, 4.69) is 10.3 Å². The number of phenolic OH excluding ortho intramolecular Hbond substituents is 1. The molecule has 3 N–H and O–H groups in total. The Morgan fingerprint density at radius 3 is 2.81 bits per heavy atom. The summed E-state index contributed by atoms with van der Waals surface area (Å²) in [6, 6.07) is 7.91. The molecule has 0 aliphatic carbocycles. The molecule has 0 unspecified atom stereocenters. The van der Waals surface area contributed by atoms with Crippen molar-refractivity contribution in [1.82, 2.24) is 4.98 Å². The van der Waals surface area contributed by atoms with Crippen LogP contribution in [0, 0.1) is 0 Å². The number of aromatic amines is 1. The molecule has 1 aromatic carbocycles. The summed E-state index contributed by atoms with van der Waals surface area (Å²) in [6.07, 6.45) is 1.66. The van der Waals surface area contributed by atoms with Crippen molar-refractivity contribution in [2.75, 3.05) is 5.32 Å². The van der Waals surface area contributed by atoms with Gasteiger partial charge in [0, 0.05) is 18.0 Å². The van der Waals surface area contributed by atoms with Gasteiger partial charge in [-0.05, 0) is 24.3 Å². The Morgan fingerprint density at radius 2 is 2.19 bits per heavy atom. The van der Waals surface area contributed by atoms with E-state index in [1.807, 2.05) is 0 Å². The van der Waals surface area contributed by atoms with Crippen molar-refractivity contribution in [3.05, 3.63) is 47.2 Å². The predicted molar refractivity (Wildman–Crippen MR) is 61.9 cm³/mol. The van der Waals surface area contributed by atoms with Gasteiger partial charge in [0.05, 0.1) is 5.02 Å². The first kappa shape index (κ1) is 10.6. The van der Waals surface area contributed by atoms with Gasteiger partial charge in [-0.15, -0.1) is 0 Å². The lowest BCUT2D eigenvalue weighted by atomic mass is 10.3. The van der Waals surface area contributed by atoms with Crippen LogP contribution in [0.5, 0.6) is 5.75 Å². The number of anilines is 1. The summed E-state index contributed by atoms with van der Waals surface area (Å²) in [5.74, 6) is -0.335. The molecule has 16 heavy (non-hydrogen) atoms. The summed E-state index contributed by atoms with van der Waals surface area (Å²) in [6.45, 7) is 0. The van der Waals surface area contributed by atoms with E-state index in [0.717, 1.165) is 0 Å². The van der Waals surface area contributed by atoms with Crippen molar-refractivity contribution in [2.24, 2.45) is 0 Å². The number of H-pyrrole nitrogens is 1. The average molecular weight is 237 g/mol. The van der Waals surface area contributed by atoms with Crippen LogP contribution in [0.4, 0.5) is 5.69 Å². The molecule has 4 nitrogen and oxygen atoms in total. The summed E-state index contributed by atoms with van der Waals surface area (Å²) >= 11 is 5.65. The molecule has 82 valence electrons. The molecule has 0 radical (unpaired) electrons. The van der Waals surface area contributed by atoms with Crippen LogP contribution in [0.1, 0.15) is 10.5 Å². The summed E-state index contributed by atoms with van der Waals surface area (Å²) < 4.78 is 0. The van der Waals surface area contributed by atoms with Crippen LogP contribution in [0.15, 0.2) is 36.5 Å². The zero-order chi connectivity index (χ0) is 11.5. The first-order chi connectivity index (χ1) is 7.66. The van der Waals surface area contributed by atoms with E-state index >= 15 is 0 Å². The minimum atomic E-state index is -0.272. The van der Waals surface area contributed by atoms with Crippen molar-refractivity contribution in [1.29, 1.82) is 0 Å². The van der Waals surface area contributed by atoms with E-state index in [-0.39, 0.29) is 16.7 Å². The van der Waals surface area contributed by atoms with Crippen LogP contribution in [-0.4, -0.2) is 16.0 Å². The monoisotopic (exact) mass is 236 g/mol. The maximum atomic E-state index is 11.6. The van der Waals surface area contributed by atoms with Gasteiger partial charge in [-0.1, -0.05) is 11.6 Å². The Hall–Kier alpha value is -1.94. The molecule has 1 heterocycles. The second-order valence-corrected chi connectivity index (χ2v) is 3.61. The van der Waals surface area contributed by atoms with E-state index in [9.17, 15) is 9.90 Å². The number of carbonyl (C=O) groups is 1. The summed E-state index contributed by atoms with van der Waals surface area (Å²) in [5.41, 5.74) is 0.941. The van der Waals surface area contributed by atoms with Crippen LogP contribution in [0.25, 0.3) is 0 Å². The first-order valence-corrected chi connectivity index (χ1v) is 4.98. The minimum Gasteiger partial charge on any atom is -0.506 e. The van der Waals surface area contributed by atoms with Crippen LogP contribution < -0.4 is 5.32 Å². The Bertz CT molecular complexity index is 509. The molecule has 0 saturated carbocycles. The number of benzene rings is 1. The van der Waals surface area contributed by atoms with Gasteiger partial charge in [-0.25, -0.2) is 0 Å². The maximum Gasteiger partial charge on any atom is 0.272 e. The first-order valence-electron chi connectivity index (χ1n) is 4.60. The standard InChI is InChI=1S/C11H9ClN2O2/c12-8-4-3-7(6-10(8)15)14-11(16)9-2-1-5-13-9/h1-6,13,15H,(H,14,16). The third-order valence-corrected chi connectivity index (χ3v) is 2.37. The summed E-state index contributed by atoms with van der Waals surface area (Å²) in [5, 5.41) is 12.2. The van der Waals surface area contributed by atoms with E-state index in [0.29, 0.717) is 11.4 Å². The van der Waals surface area contributed by atoms with E-state index in [1.54, 1.807) is 24.4 Å². The third kappa shape index (κ3) is 2.17. The van der Waals surface area contributed by atoms with Crippen molar-refractivity contribution in [3.63, 3.8) is 0 Å². The SMILES string of the molecule is O=C(Nc1ccc(Cl)c(O)c1)c1ccc[nH]1. The molecule has 0 fully saturated rings. The van der Waals surface area contributed by atoms with Crippen molar-refractivity contribution in [2.45, 2.75) is 0 Å². The van der Waals surface area contributed by atoms with E-state index in [1.165, 1.54) is 12.1 Å². The van der Waals surface area contributed by atoms with Gasteiger partial charge in [-0.3, -0.25) is 4.79 Å². The Balaban J connectivity index is 2.15. The largest absolute Gasteiger partial charge is 0.506 e. The lowest BCUT2D eigenvalue weighted by molar-refractivity contribution is 0.102. The van der Waals surface area contributed by atoms with Crippen LogP contribution >= 0.6 is 11.6 Å². The van der Waals surface area contributed by atoms with Crippen molar-refractivity contribution < 1.29 is 9.90 Å². The molecule has 0 atom stereocenters. The van der Waals surface area contributed by atoms with Crippen LogP contribution in [0.3, 0.4) is 0 Å². The molecule has 0 bridgehead atoms. The number of hydrogen-bond donors (Lipinski definition) is 3. The fourth-order valence-electron chi connectivity index (χ4n) is 1.26. The number of hydrogen-bond acceptors (Lipinski definition) is 2. The molecule has 1 amide bonds. The van der Waals surface area contributed by atoms with Gasteiger partial charge < -0.3 is 15.4 Å². The van der Waals surface area contributed by atoms with Gasteiger partial charge in [0.15, 0.2) is 0 Å². The van der Waals surface area contributed by atoms with Gasteiger partial charge >= 0.3 is 0 Å². The van der Waals surface area contributed by atoms with Crippen molar-refractivity contribution in [3.8, 4) is 5.75 Å². The minimum absolute atomic E-state index is 0.0639. The molecule has 2 aromatic rings. The highest BCUT2D eigenvalue weighted by Gasteiger charge is 2.07. The normalized spacial score (nSPS) is 10.1. The number of nitrogens with one attached hydrogen (secondary N) is 2. The molecular formula is C11H9ClN2O2.